The van der Waals surface area contributed by atoms with Crippen LogP contribution < -0.4 is 10.6 Å². The van der Waals surface area contributed by atoms with Crippen LogP contribution in [0, 0.1) is 18.7 Å². The molecule has 1 saturated heterocycles. The molecule has 3 rings (SSSR count). The molecule has 1 aliphatic rings. The van der Waals surface area contributed by atoms with Gasteiger partial charge >= 0.3 is 6.03 Å². The molecule has 4 nitrogen and oxygen atoms in total. The lowest BCUT2D eigenvalue weighted by molar-refractivity contribution is 0.175. The summed E-state index contributed by atoms with van der Waals surface area (Å²) in [6.07, 6.45) is 2.08. The summed E-state index contributed by atoms with van der Waals surface area (Å²) in [6.45, 7) is 5.36. The van der Waals surface area contributed by atoms with Crippen molar-refractivity contribution in [1.29, 1.82) is 0 Å². The minimum atomic E-state index is -0.200. The Morgan fingerprint density at radius 3 is 2.59 bits per heavy atom. The Morgan fingerprint density at radius 2 is 1.89 bits per heavy atom. The monoisotopic (exact) mass is 389 g/mol. The van der Waals surface area contributed by atoms with Crippen molar-refractivity contribution in [3.63, 3.8) is 0 Å². The molecule has 0 spiro atoms. The summed E-state index contributed by atoms with van der Waals surface area (Å²) in [4.78, 5) is 14.5. The second-order valence-electron chi connectivity index (χ2n) is 7.09. The third-order valence-electron chi connectivity index (χ3n) is 5.09. The molecule has 144 valence electrons. The van der Waals surface area contributed by atoms with Crippen LogP contribution in [0.15, 0.2) is 42.5 Å². The molecule has 2 amide bonds. The highest BCUT2D eigenvalue weighted by atomic mass is 35.5. The normalized spacial score (nSPS) is 15.5. The number of likely N-dealkylation sites (tertiary alicyclic amines) is 1. The van der Waals surface area contributed by atoms with Crippen molar-refractivity contribution in [2.45, 2.75) is 26.3 Å². The maximum atomic E-state index is 13.0. The van der Waals surface area contributed by atoms with E-state index in [9.17, 15) is 9.18 Å². The maximum absolute atomic E-state index is 13.0. The average Bonchev–Trinajstić information content (AvgIpc) is 2.67. The zero-order valence-electron chi connectivity index (χ0n) is 15.5. The summed E-state index contributed by atoms with van der Waals surface area (Å²) in [7, 11) is 0. The second kappa shape index (κ2) is 9.20. The lowest BCUT2D eigenvalue weighted by Crippen LogP contribution is -2.39. The molecule has 2 aromatic carbocycles. The average molecular weight is 390 g/mol. The first kappa shape index (κ1) is 19.6. The van der Waals surface area contributed by atoms with E-state index in [1.54, 1.807) is 6.07 Å². The van der Waals surface area contributed by atoms with Crippen molar-refractivity contribution in [3.05, 3.63) is 64.4 Å². The molecule has 27 heavy (non-hydrogen) atoms. The van der Waals surface area contributed by atoms with Crippen LogP contribution in [0.1, 0.15) is 24.0 Å². The van der Waals surface area contributed by atoms with Crippen molar-refractivity contribution in [1.82, 2.24) is 10.2 Å². The third kappa shape index (κ3) is 5.68. The van der Waals surface area contributed by atoms with Gasteiger partial charge in [0.2, 0.25) is 0 Å². The van der Waals surface area contributed by atoms with Crippen molar-refractivity contribution in [2.24, 2.45) is 5.92 Å². The lowest BCUT2D eigenvalue weighted by Gasteiger charge is -2.32. The topological polar surface area (TPSA) is 44.4 Å². The highest BCUT2D eigenvalue weighted by molar-refractivity contribution is 6.31. The van der Waals surface area contributed by atoms with Crippen LogP contribution >= 0.6 is 11.6 Å². The Kier molecular flexibility index (Phi) is 6.69. The van der Waals surface area contributed by atoms with E-state index in [0.29, 0.717) is 17.5 Å². The van der Waals surface area contributed by atoms with Gasteiger partial charge in [-0.25, -0.2) is 9.18 Å². The fourth-order valence-corrected chi connectivity index (χ4v) is 3.52. The van der Waals surface area contributed by atoms with E-state index in [2.05, 4.69) is 15.5 Å². The van der Waals surface area contributed by atoms with Crippen LogP contribution in [0.3, 0.4) is 0 Å². The predicted octanol–water partition coefficient (Wildman–Crippen LogP) is 4.82. The van der Waals surface area contributed by atoms with E-state index in [4.69, 9.17) is 11.6 Å². The van der Waals surface area contributed by atoms with E-state index in [1.165, 1.54) is 12.1 Å². The first-order chi connectivity index (χ1) is 13.0. The number of hydrogen-bond donors (Lipinski definition) is 2. The number of halogens is 2. The molecule has 0 unspecified atom stereocenters. The Balaban J connectivity index is 1.39. The molecule has 2 aromatic rings. The molecule has 1 fully saturated rings. The van der Waals surface area contributed by atoms with Crippen LogP contribution in [-0.2, 0) is 6.54 Å². The van der Waals surface area contributed by atoms with Gasteiger partial charge in [0.15, 0.2) is 0 Å². The number of rotatable bonds is 5. The molecular formula is C21H25ClFN3O. The first-order valence-electron chi connectivity index (χ1n) is 9.28. The smallest absolute Gasteiger partial charge is 0.319 e. The van der Waals surface area contributed by atoms with Crippen molar-refractivity contribution >= 4 is 23.3 Å². The summed E-state index contributed by atoms with van der Waals surface area (Å²) in [6, 6.07) is 12.0. The molecule has 0 saturated carbocycles. The first-order valence-corrected chi connectivity index (χ1v) is 9.66. The highest BCUT2D eigenvalue weighted by Crippen LogP contribution is 2.23. The Bertz CT molecular complexity index is 773. The van der Waals surface area contributed by atoms with Crippen LogP contribution in [0.4, 0.5) is 14.9 Å². The van der Waals surface area contributed by atoms with Gasteiger partial charge in [-0.1, -0.05) is 29.8 Å². The molecular weight excluding hydrogens is 365 g/mol. The molecule has 0 aliphatic carbocycles. The van der Waals surface area contributed by atoms with Gasteiger partial charge in [0.25, 0.3) is 0 Å². The standard InChI is InChI=1S/C21H25ClFN3O/c1-15-19(22)3-2-4-20(15)25-21(27)24-13-16-9-11-26(12-10-16)14-17-5-7-18(23)8-6-17/h2-8,16H,9-14H2,1H3,(H2,24,25,27). The van der Waals surface area contributed by atoms with Gasteiger partial charge < -0.3 is 10.6 Å². The summed E-state index contributed by atoms with van der Waals surface area (Å²) in [5, 5.41) is 6.47. The number of nitrogens with zero attached hydrogens (tertiary/aromatic N) is 1. The van der Waals surface area contributed by atoms with E-state index in [0.717, 1.165) is 49.3 Å². The molecule has 0 radical (unpaired) electrons. The van der Waals surface area contributed by atoms with Gasteiger partial charge in [-0.2, -0.15) is 0 Å². The van der Waals surface area contributed by atoms with Gasteiger partial charge in [0.1, 0.15) is 5.82 Å². The van der Waals surface area contributed by atoms with E-state index in [-0.39, 0.29) is 11.8 Å². The van der Waals surface area contributed by atoms with E-state index in [1.807, 2.05) is 31.2 Å². The van der Waals surface area contributed by atoms with Gasteiger partial charge in [-0.15, -0.1) is 0 Å². The fourth-order valence-electron chi connectivity index (χ4n) is 3.34. The fraction of sp³-hybridized carbons (Fsp3) is 0.381. The Hall–Kier alpha value is -2.11. The zero-order valence-corrected chi connectivity index (χ0v) is 16.2. The number of amides is 2. The number of benzene rings is 2. The molecule has 0 bridgehead atoms. The van der Waals surface area contributed by atoms with Gasteiger partial charge in [0.05, 0.1) is 0 Å². The van der Waals surface area contributed by atoms with Crippen molar-refractivity contribution in [3.8, 4) is 0 Å². The SMILES string of the molecule is Cc1c(Cl)cccc1NC(=O)NCC1CCN(Cc2ccc(F)cc2)CC1. The maximum Gasteiger partial charge on any atom is 0.319 e. The van der Waals surface area contributed by atoms with Crippen LogP contribution in [-0.4, -0.2) is 30.6 Å². The predicted molar refractivity (Wildman–Crippen MR) is 108 cm³/mol. The largest absolute Gasteiger partial charge is 0.338 e. The zero-order chi connectivity index (χ0) is 19.2. The molecule has 1 aliphatic heterocycles. The number of anilines is 1. The quantitative estimate of drug-likeness (QED) is 0.769. The van der Waals surface area contributed by atoms with Gasteiger partial charge in [-0.3, -0.25) is 4.90 Å². The number of nitrogens with one attached hydrogen (secondary N) is 2. The number of carbonyl (C=O) groups is 1. The Labute approximate surface area is 164 Å². The lowest BCUT2D eigenvalue weighted by atomic mass is 9.96. The van der Waals surface area contributed by atoms with Crippen LogP contribution in [0.25, 0.3) is 0 Å². The summed E-state index contributed by atoms with van der Waals surface area (Å²) >= 11 is 6.08. The number of urea groups is 1. The van der Waals surface area contributed by atoms with Gasteiger partial charge in [0, 0.05) is 23.8 Å². The molecule has 2 N–H and O–H groups in total. The molecule has 1 heterocycles. The molecule has 6 heteroatoms. The van der Waals surface area contributed by atoms with Crippen LogP contribution in [0.2, 0.25) is 5.02 Å². The number of carbonyl (C=O) groups excluding carboxylic acids is 1. The van der Waals surface area contributed by atoms with E-state index >= 15 is 0 Å². The second-order valence-corrected chi connectivity index (χ2v) is 7.50. The minimum absolute atomic E-state index is 0.199. The number of piperidine rings is 1. The van der Waals surface area contributed by atoms with Crippen LogP contribution in [0.5, 0.6) is 0 Å². The highest BCUT2D eigenvalue weighted by Gasteiger charge is 2.20. The van der Waals surface area contributed by atoms with Gasteiger partial charge in [-0.05, 0) is 74.2 Å². The Morgan fingerprint density at radius 1 is 1.19 bits per heavy atom. The van der Waals surface area contributed by atoms with E-state index < -0.39 is 0 Å². The van der Waals surface area contributed by atoms with Crippen molar-refractivity contribution < 1.29 is 9.18 Å². The molecule has 0 aromatic heterocycles. The third-order valence-corrected chi connectivity index (χ3v) is 5.50. The minimum Gasteiger partial charge on any atom is -0.338 e. The molecule has 0 atom stereocenters. The van der Waals surface area contributed by atoms with Crippen molar-refractivity contribution in [2.75, 3.05) is 25.0 Å². The number of hydrogen-bond acceptors (Lipinski definition) is 2. The summed E-state index contributed by atoms with van der Waals surface area (Å²) in [5.74, 6) is 0.274. The summed E-state index contributed by atoms with van der Waals surface area (Å²) < 4.78 is 13.0. The summed E-state index contributed by atoms with van der Waals surface area (Å²) in [5.41, 5.74) is 2.72.